The minimum Gasteiger partial charge on any atom is -0.492 e. The van der Waals surface area contributed by atoms with Gasteiger partial charge in [0.25, 0.3) is 0 Å². The number of aromatic nitrogens is 6. The van der Waals surface area contributed by atoms with Gasteiger partial charge in [-0.1, -0.05) is 6.07 Å². The zero-order chi connectivity index (χ0) is 27.8. The first-order valence-corrected chi connectivity index (χ1v) is 14.5. The van der Waals surface area contributed by atoms with Gasteiger partial charge in [0.15, 0.2) is 5.65 Å². The van der Waals surface area contributed by atoms with Gasteiger partial charge in [-0.2, -0.15) is 5.10 Å². The van der Waals surface area contributed by atoms with E-state index in [0.29, 0.717) is 17.9 Å². The molecule has 1 N–H and O–H groups in total. The molecule has 7 heterocycles. The number of hydrogen-bond donors (Lipinski definition) is 1. The molecule has 2 fully saturated rings. The van der Waals surface area contributed by atoms with Crippen molar-refractivity contribution in [2.24, 2.45) is 5.41 Å². The molecule has 0 radical (unpaired) electrons. The molecule has 2 aliphatic rings. The van der Waals surface area contributed by atoms with Crippen molar-refractivity contribution >= 4 is 22.4 Å². The van der Waals surface area contributed by atoms with E-state index in [4.69, 9.17) is 14.5 Å². The van der Waals surface area contributed by atoms with Gasteiger partial charge >= 0.3 is 0 Å². The minimum absolute atomic E-state index is 0.453. The Labute approximate surface area is 239 Å². The summed E-state index contributed by atoms with van der Waals surface area (Å²) in [6.45, 7) is 7.94. The summed E-state index contributed by atoms with van der Waals surface area (Å²) in [4.78, 5) is 14.3. The molecule has 0 amide bonds. The highest BCUT2D eigenvalue weighted by Crippen LogP contribution is 2.42. The number of fused-ring (bicyclic) bond motifs is 3. The van der Waals surface area contributed by atoms with Crippen LogP contribution in [-0.4, -0.2) is 74.6 Å². The smallest absolute Gasteiger partial charge is 0.212 e. The number of H-pyrrole nitrogens is 1. The average molecular weight is 553 g/mol. The van der Waals surface area contributed by atoms with Gasteiger partial charge in [-0.15, -0.1) is 5.10 Å². The third-order valence-electron chi connectivity index (χ3n) is 8.95. The molecular weight excluding hydrogens is 516 g/mol. The third-order valence-corrected chi connectivity index (χ3v) is 8.95. The SMILES string of the molecule is CCOc1cc(-c2ccc(N3CCC4(CCN(Cc5ccc(OC)nc5)CC4)CC3)nc2)c2c3cn[nH]c3nn2c1. The first kappa shape index (κ1) is 25.8. The first-order chi connectivity index (χ1) is 20.1. The van der Waals surface area contributed by atoms with Crippen LogP contribution >= 0.6 is 0 Å². The van der Waals surface area contributed by atoms with Crippen LogP contribution in [-0.2, 0) is 6.54 Å². The van der Waals surface area contributed by atoms with Crippen molar-refractivity contribution in [3.05, 3.63) is 60.7 Å². The fourth-order valence-corrected chi connectivity index (χ4v) is 6.52. The molecule has 0 aliphatic carbocycles. The van der Waals surface area contributed by atoms with Crippen LogP contribution in [0.1, 0.15) is 38.2 Å². The monoisotopic (exact) mass is 552 g/mol. The van der Waals surface area contributed by atoms with Gasteiger partial charge in [0.2, 0.25) is 5.88 Å². The van der Waals surface area contributed by atoms with Gasteiger partial charge in [0.05, 0.1) is 37.0 Å². The molecule has 7 rings (SSSR count). The first-order valence-electron chi connectivity index (χ1n) is 14.5. The maximum Gasteiger partial charge on any atom is 0.212 e. The standard InChI is InChI=1S/C31H36N8O2/c1-3-41-24-16-25(29-26-19-34-35-30(26)36-39(29)21-24)23-5-6-27(32-18-23)38-14-10-31(11-15-38)8-12-37(13-9-31)20-22-4-7-28(40-2)33-17-22/h4-7,16-19,21H,3,8-15,20H2,1-2H3,(H,35,36). The largest absolute Gasteiger partial charge is 0.492 e. The second-order valence-electron chi connectivity index (χ2n) is 11.3. The molecule has 5 aromatic rings. The van der Waals surface area contributed by atoms with E-state index < -0.39 is 0 Å². The number of ether oxygens (including phenoxy) is 2. The van der Waals surface area contributed by atoms with Gasteiger partial charge in [0, 0.05) is 49.2 Å². The summed E-state index contributed by atoms with van der Waals surface area (Å²) in [6.07, 6.45) is 12.6. The summed E-state index contributed by atoms with van der Waals surface area (Å²) in [5, 5.41) is 12.8. The second-order valence-corrected chi connectivity index (χ2v) is 11.3. The lowest BCUT2D eigenvalue weighted by Crippen LogP contribution is -2.46. The van der Waals surface area contributed by atoms with Crippen molar-refractivity contribution < 1.29 is 9.47 Å². The Hall–Kier alpha value is -4.18. The summed E-state index contributed by atoms with van der Waals surface area (Å²) in [5.74, 6) is 2.50. The molecule has 0 bridgehead atoms. The number of anilines is 1. The highest BCUT2D eigenvalue weighted by Gasteiger charge is 2.37. The van der Waals surface area contributed by atoms with Gasteiger partial charge in [0.1, 0.15) is 11.6 Å². The van der Waals surface area contributed by atoms with E-state index in [1.54, 1.807) is 7.11 Å². The average Bonchev–Trinajstić information content (AvgIpc) is 3.61. The Morgan fingerprint density at radius 3 is 2.49 bits per heavy atom. The molecule has 41 heavy (non-hydrogen) atoms. The van der Waals surface area contributed by atoms with E-state index in [9.17, 15) is 0 Å². The number of nitrogens with one attached hydrogen (secondary N) is 1. The maximum absolute atomic E-state index is 5.84. The highest BCUT2D eigenvalue weighted by molar-refractivity contribution is 6.00. The topological polar surface area (TPSA) is 96.7 Å². The summed E-state index contributed by atoms with van der Waals surface area (Å²) in [6, 6.07) is 10.5. The number of rotatable bonds is 7. The summed E-state index contributed by atoms with van der Waals surface area (Å²) < 4.78 is 12.9. The number of methoxy groups -OCH3 is 1. The van der Waals surface area contributed by atoms with Crippen molar-refractivity contribution in [2.45, 2.75) is 39.2 Å². The van der Waals surface area contributed by atoms with Gasteiger partial charge in [-0.3, -0.25) is 10.00 Å². The lowest BCUT2D eigenvalue weighted by Gasteiger charge is -2.47. The van der Waals surface area contributed by atoms with E-state index in [2.05, 4.69) is 54.3 Å². The summed E-state index contributed by atoms with van der Waals surface area (Å²) in [5.41, 5.74) is 5.54. The Bertz CT molecular complexity index is 1630. The summed E-state index contributed by atoms with van der Waals surface area (Å²) in [7, 11) is 1.66. The fraction of sp³-hybridized carbons (Fsp3) is 0.419. The fourth-order valence-electron chi connectivity index (χ4n) is 6.52. The van der Waals surface area contributed by atoms with Crippen molar-refractivity contribution in [1.82, 2.24) is 34.7 Å². The maximum atomic E-state index is 5.84. The molecule has 1 spiro atoms. The molecule has 10 nitrogen and oxygen atoms in total. The van der Waals surface area contributed by atoms with Crippen LogP contribution in [0.25, 0.3) is 27.7 Å². The normalized spacial score (nSPS) is 17.5. The Kier molecular flexibility index (Phi) is 6.70. The number of pyridine rings is 3. The van der Waals surface area contributed by atoms with Crippen LogP contribution in [0.5, 0.6) is 11.6 Å². The Morgan fingerprint density at radius 1 is 0.951 bits per heavy atom. The predicted molar refractivity (Wildman–Crippen MR) is 158 cm³/mol. The van der Waals surface area contributed by atoms with Crippen molar-refractivity contribution in [3.8, 4) is 22.8 Å². The van der Waals surface area contributed by atoms with E-state index in [0.717, 1.165) is 72.0 Å². The molecule has 2 saturated heterocycles. The molecule has 212 valence electrons. The Balaban J connectivity index is 1.01. The molecule has 0 saturated carbocycles. The highest BCUT2D eigenvalue weighted by atomic mass is 16.5. The number of aromatic amines is 1. The van der Waals surface area contributed by atoms with Crippen LogP contribution in [0.15, 0.2) is 55.1 Å². The van der Waals surface area contributed by atoms with Crippen molar-refractivity contribution in [1.29, 1.82) is 0 Å². The quantitative estimate of drug-likeness (QED) is 0.303. The minimum atomic E-state index is 0.453. The van der Waals surface area contributed by atoms with Gasteiger partial charge in [-0.25, -0.2) is 14.5 Å². The second kappa shape index (κ2) is 10.7. The lowest BCUT2D eigenvalue weighted by atomic mass is 9.71. The zero-order valence-corrected chi connectivity index (χ0v) is 23.7. The summed E-state index contributed by atoms with van der Waals surface area (Å²) >= 11 is 0. The molecule has 10 heteroatoms. The molecule has 0 aromatic carbocycles. The zero-order valence-electron chi connectivity index (χ0n) is 23.7. The van der Waals surface area contributed by atoms with E-state index in [-0.39, 0.29) is 0 Å². The number of piperidine rings is 2. The van der Waals surface area contributed by atoms with Crippen molar-refractivity contribution in [2.75, 3.05) is 44.8 Å². The van der Waals surface area contributed by atoms with E-state index in [1.807, 2.05) is 42.3 Å². The van der Waals surface area contributed by atoms with Gasteiger partial charge in [-0.05, 0) is 74.9 Å². The molecule has 2 aliphatic heterocycles. The van der Waals surface area contributed by atoms with Crippen molar-refractivity contribution in [3.63, 3.8) is 0 Å². The molecule has 5 aromatic heterocycles. The van der Waals surface area contributed by atoms with Crippen LogP contribution in [0.2, 0.25) is 0 Å². The number of likely N-dealkylation sites (tertiary alicyclic amines) is 1. The molecule has 0 atom stereocenters. The Morgan fingerprint density at radius 2 is 1.78 bits per heavy atom. The number of nitrogens with zero attached hydrogens (tertiary/aromatic N) is 7. The molecular formula is C31H36N8O2. The molecule has 0 unspecified atom stereocenters. The predicted octanol–water partition coefficient (Wildman–Crippen LogP) is 4.96. The van der Waals surface area contributed by atoms with Crippen LogP contribution in [0, 0.1) is 5.41 Å². The number of hydrogen-bond acceptors (Lipinski definition) is 8. The lowest BCUT2D eigenvalue weighted by molar-refractivity contribution is 0.0756. The van der Waals surface area contributed by atoms with Crippen LogP contribution in [0.3, 0.4) is 0 Å². The third kappa shape index (κ3) is 4.97. The van der Waals surface area contributed by atoms with Crippen LogP contribution in [0.4, 0.5) is 5.82 Å². The van der Waals surface area contributed by atoms with Gasteiger partial charge < -0.3 is 14.4 Å². The van der Waals surface area contributed by atoms with E-state index in [1.165, 1.54) is 31.2 Å². The van der Waals surface area contributed by atoms with Crippen LogP contribution < -0.4 is 14.4 Å². The van der Waals surface area contributed by atoms with E-state index >= 15 is 0 Å².